The fraction of sp³-hybridized carbons (Fsp3) is 0.652. The maximum absolute atomic E-state index is 12.7. The molecule has 0 radical (unpaired) electrons. The van der Waals surface area contributed by atoms with Gasteiger partial charge in [-0.3, -0.25) is 4.79 Å². The Balaban J connectivity index is 0.00000256. The van der Waals surface area contributed by atoms with Gasteiger partial charge in [0.2, 0.25) is 5.91 Å². The average molecular weight is 526 g/mol. The van der Waals surface area contributed by atoms with E-state index in [0.717, 1.165) is 57.7 Å². The molecule has 0 saturated carbocycles. The van der Waals surface area contributed by atoms with Crippen molar-refractivity contribution in [1.29, 1.82) is 0 Å². The van der Waals surface area contributed by atoms with E-state index in [1.165, 1.54) is 12.0 Å². The highest BCUT2D eigenvalue weighted by Crippen LogP contribution is 2.34. The molecular formula is C23H35IN4O2. The molecule has 3 heterocycles. The summed E-state index contributed by atoms with van der Waals surface area (Å²) in [7, 11) is 0. The highest BCUT2D eigenvalue weighted by molar-refractivity contribution is 14.0. The van der Waals surface area contributed by atoms with Gasteiger partial charge in [-0.25, -0.2) is 4.99 Å². The van der Waals surface area contributed by atoms with Crippen LogP contribution in [0.2, 0.25) is 0 Å². The Morgan fingerprint density at radius 3 is 2.57 bits per heavy atom. The number of ether oxygens (including phenoxy) is 1. The summed E-state index contributed by atoms with van der Waals surface area (Å²) in [6, 6.07) is 11.0. The van der Waals surface area contributed by atoms with E-state index in [1.807, 2.05) is 11.8 Å². The maximum Gasteiger partial charge on any atom is 0.244 e. The van der Waals surface area contributed by atoms with E-state index in [0.29, 0.717) is 24.2 Å². The second-order valence-corrected chi connectivity index (χ2v) is 8.57. The Kier molecular flexibility index (Phi) is 8.80. The Morgan fingerprint density at radius 2 is 1.93 bits per heavy atom. The number of carbonyl (C=O) groups excluding carboxylic acids is 1. The number of amides is 1. The zero-order valence-electron chi connectivity index (χ0n) is 17.9. The lowest BCUT2D eigenvalue weighted by Crippen LogP contribution is -2.48. The van der Waals surface area contributed by atoms with Crippen LogP contribution in [0, 0.1) is 5.92 Å². The third-order valence-electron chi connectivity index (χ3n) is 6.48. The molecule has 3 aliphatic rings. The lowest BCUT2D eigenvalue weighted by Gasteiger charge is -2.32. The van der Waals surface area contributed by atoms with Gasteiger partial charge in [0.1, 0.15) is 6.54 Å². The largest absolute Gasteiger partial charge is 0.373 e. The Bertz CT molecular complexity index is 706. The zero-order chi connectivity index (χ0) is 20.1. The van der Waals surface area contributed by atoms with Gasteiger partial charge >= 0.3 is 0 Å². The van der Waals surface area contributed by atoms with Crippen LogP contribution >= 0.6 is 24.0 Å². The minimum Gasteiger partial charge on any atom is -0.373 e. The number of nitrogens with one attached hydrogen (secondary N) is 2. The van der Waals surface area contributed by atoms with Gasteiger partial charge in [-0.2, -0.15) is 0 Å². The number of rotatable bonds is 6. The number of hydrogen-bond donors (Lipinski definition) is 2. The third-order valence-corrected chi connectivity index (χ3v) is 6.48. The fourth-order valence-electron chi connectivity index (χ4n) is 4.87. The van der Waals surface area contributed by atoms with Crippen molar-refractivity contribution in [3.05, 3.63) is 35.9 Å². The van der Waals surface area contributed by atoms with Crippen LogP contribution in [0.3, 0.4) is 0 Å². The summed E-state index contributed by atoms with van der Waals surface area (Å²) in [6.07, 6.45) is 7.30. The topological polar surface area (TPSA) is 66.0 Å². The predicted octanol–water partition coefficient (Wildman–Crippen LogP) is 2.96. The number of carbonyl (C=O) groups is 1. The Labute approximate surface area is 197 Å². The zero-order valence-corrected chi connectivity index (χ0v) is 20.2. The van der Waals surface area contributed by atoms with Crippen molar-refractivity contribution in [2.75, 3.05) is 26.2 Å². The maximum atomic E-state index is 12.7. The van der Waals surface area contributed by atoms with Gasteiger partial charge in [-0.05, 0) is 56.9 Å². The molecule has 0 aromatic heterocycles. The summed E-state index contributed by atoms with van der Waals surface area (Å²) in [5.41, 5.74) is 1.40. The van der Waals surface area contributed by atoms with Crippen LogP contribution in [0.25, 0.3) is 0 Å². The fourth-order valence-corrected chi connectivity index (χ4v) is 4.87. The average Bonchev–Trinajstić information content (AvgIpc) is 3.36. The molecule has 3 unspecified atom stereocenters. The molecule has 0 spiro atoms. The first-order valence-electron chi connectivity index (χ1n) is 11.2. The van der Waals surface area contributed by atoms with Crippen molar-refractivity contribution in [3.8, 4) is 0 Å². The molecule has 3 saturated heterocycles. The molecule has 3 aliphatic heterocycles. The van der Waals surface area contributed by atoms with Crippen molar-refractivity contribution >= 4 is 35.8 Å². The van der Waals surface area contributed by atoms with Gasteiger partial charge in [0.05, 0.1) is 18.2 Å². The van der Waals surface area contributed by atoms with Crippen molar-refractivity contribution in [2.45, 2.75) is 63.7 Å². The summed E-state index contributed by atoms with van der Waals surface area (Å²) >= 11 is 0. The van der Waals surface area contributed by atoms with Crippen molar-refractivity contribution in [3.63, 3.8) is 0 Å². The van der Waals surface area contributed by atoms with E-state index in [2.05, 4.69) is 46.0 Å². The number of hydrogen-bond acceptors (Lipinski definition) is 3. The number of nitrogens with zero attached hydrogens (tertiary/aromatic N) is 2. The van der Waals surface area contributed by atoms with E-state index < -0.39 is 0 Å². The molecule has 4 rings (SSSR count). The van der Waals surface area contributed by atoms with Gasteiger partial charge in [-0.15, -0.1) is 24.0 Å². The molecule has 3 fully saturated rings. The Hall–Kier alpha value is -1.35. The van der Waals surface area contributed by atoms with Crippen LogP contribution in [0.5, 0.6) is 0 Å². The number of guanidine groups is 1. The lowest BCUT2D eigenvalue weighted by atomic mass is 9.90. The highest BCUT2D eigenvalue weighted by atomic mass is 127. The summed E-state index contributed by atoms with van der Waals surface area (Å²) in [4.78, 5) is 19.2. The Morgan fingerprint density at radius 1 is 1.17 bits per heavy atom. The van der Waals surface area contributed by atoms with Gasteiger partial charge in [0.25, 0.3) is 0 Å². The van der Waals surface area contributed by atoms with E-state index in [4.69, 9.17) is 4.74 Å². The molecule has 2 N–H and O–H groups in total. The molecule has 6 nitrogen and oxygen atoms in total. The van der Waals surface area contributed by atoms with Gasteiger partial charge in [0.15, 0.2) is 5.96 Å². The highest BCUT2D eigenvalue weighted by Gasteiger charge is 2.41. The molecular weight excluding hydrogens is 491 g/mol. The van der Waals surface area contributed by atoms with Crippen molar-refractivity contribution in [2.24, 2.45) is 10.9 Å². The normalized spacial score (nSPS) is 26.4. The minimum absolute atomic E-state index is 0. The summed E-state index contributed by atoms with van der Waals surface area (Å²) in [5.74, 6) is 1.53. The molecule has 1 aromatic rings. The molecule has 1 amide bonds. The van der Waals surface area contributed by atoms with E-state index in [9.17, 15) is 4.79 Å². The molecule has 2 bridgehead atoms. The number of halogens is 1. The van der Waals surface area contributed by atoms with E-state index in [1.54, 1.807) is 0 Å². The first kappa shape index (κ1) is 23.3. The summed E-state index contributed by atoms with van der Waals surface area (Å²) in [6.45, 7) is 4.73. The molecule has 166 valence electrons. The van der Waals surface area contributed by atoms with Crippen LogP contribution < -0.4 is 10.6 Å². The number of piperidine rings is 1. The first-order valence-corrected chi connectivity index (χ1v) is 11.2. The molecule has 7 heteroatoms. The first-order chi connectivity index (χ1) is 14.2. The van der Waals surface area contributed by atoms with Crippen LogP contribution in [0.4, 0.5) is 0 Å². The second-order valence-electron chi connectivity index (χ2n) is 8.57. The minimum atomic E-state index is 0. The van der Waals surface area contributed by atoms with Gasteiger partial charge in [-0.1, -0.05) is 30.3 Å². The van der Waals surface area contributed by atoms with E-state index >= 15 is 0 Å². The molecule has 0 aliphatic carbocycles. The molecule has 30 heavy (non-hydrogen) atoms. The van der Waals surface area contributed by atoms with Crippen LogP contribution in [0.1, 0.15) is 44.6 Å². The van der Waals surface area contributed by atoms with Crippen LogP contribution in [-0.4, -0.2) is 61.2 Å². The van der Waals surface area contributed by atoms with Gasteiger partial charge < -0.3 is 20.3 Å². The lowest BCUT2D eigenvalue weighted by molar-refractivity contribution is -0.130. The summed E-state index contributed by atoms with van der Waals surface area (Å²) < 4.78 is 5.92. The number of fused-ring (bicyclic) bond motifs is 2. The SMILES string of the molecule is CCNC(=NCC(=O)N1CCC(Cc2ccccc2)CC1)NC1CC2CCC1O2.I. The van der Waals surface area contributed by atoms with Crippen molar-refractivity contribution < 1.29 is 9.53 Å². The quantitative estimate of drug-likeness (QED) is 0.340. The number of likely N-dealkylation sites (tertiary alicyclic amines) is 1. The second kappa shape index (κ2) is 11.3. The number of benzene rings is 1. The monoisotopic (exact) mass is 526 g/mol. The predicted molar refractivity (Wildman–Crippen MR) is 130 cm³/mol. The third kappa shape index (κ3) is 6.09. The van der Waals surface area contributed by atoms with Crippen molar-refractivity contribution in [1.82, 2.24) is 15.5 Å². The molecule has 1 aromatic carbocycles. The molecule has 3 atom stereocenters. The number of aliphatic imine (C=N–C) groups is 1. The smallest absolute Gasteiger partial charge is 0.244 e. The van der Waals surface area contributed by atoms with Crippen LogP contribution in [-0.2, 0) is 16.0 Å². The van der Waals surface area contributed by atoms with Crippen LogP contribution in [0.15, 0.2) is 35.3 Å². The standard InChI is InChI=1S/C23H34N4O2.HI/c1-2-24-23(26-20-15-19-8-9-21(20)29-19)25-16-22(28)27-12-10-18(11-13-27)14-17-6-4-3-5-7-17;/h3-7,18-21H,2,8-16H2,1H3,(H2,24,25,26);1H. The van der Waals surface area contributed by atoms with E-state index in [-0.39, 0.29) is 36.4 Å². The van der Waals surface area contributed by atoms with Gasteiger partial charge in [0, 0.05) is 19.6 Å². The summed E-state index contributed by atoms with van der Waals surface area (Å²) in [5, 5.41) is 6.76.